The summed E-state index contributed by atoms with van der Waals surface area (Å²) in [6, 6.07) is 69.4. The first kappa shape index (κ1) is 35.0. The Balaban J connectivity index is 1.05. The maximum absolute atomic E-state index is 11.0. The van der Waals surface area contributed by atoms with Crippen molar-refractivity contribution in [2.75, 3.05) is 7.11 Å². The number of hydrogen-bond donors (Lipinski definition) is 1. The van der Waals surface area contributed by atoms with Gasteiger partial charge in [-0.15, -0.1) is 0 Å². The van der Waals surface area contributed by atoms with Crippen molar-refractivity contribution in [2.24, 2.45) is 0 Å². The lowest BCUT2D eigenvalue weighted by Gasteiger charge is -2.35. The topological polar surface area (TPSA) is 38.7 Å². The van der Waals surface area contributed by atoms with E-state index in [9.17, 15) is 5.11 Å². The fraction of sp³-hybridized carbons (Fsp3) is 0.0714. The molecule has 59 heavy (non-hydrogen) atoms. The minimum atomic E-state index is -0.748. The summed E-state index contributed by atoms with van der Waals surface area (Å²) in [6.07, 6.45) is -0.748. The van der Waals surface area contributed by atoms with Crippen LogP contribution in [0.25, 0.3) is 54.2 Å². The molecule has 10 aromatic carbocycles. The maximum Gasteiger partial charge on any atom is 0.128 e. The van der Waals surface area contributed by atoms with E-state index in [-0.39, 0.29) is 0 Å². The number of hydrogen-bond acceptors (Lipinski definition) is 3. The van der Waals surface area contributed by atoms with Gasteiger partial charge in [0.25, 0.3) is 0 Å². The van der Waals surface area contributed by atoms with Gasteiger partial charge in [-0.05, 0) is 155 Å². The first-order chi connectivity index (χ1) is 29.0. The first-order valence-corrected chi connectivity index (χ1v) is 20.2. The quantitative estimate of drug-likeness (QED) is 0.176. The smallest absolute Gasteiger partial charge is 0.128 e. The van der Waals surface area contributed by atoms with Crippen molar-refractivity contribution in [3.05, 3.63) is 233 Å². The van der Waals surface area contributed by atoms with Crippen LogP contribution in [-0.2, 0) is 5.41 Å². The Morgan fingerprint density at radius 3 is 1.66 bits per heavy atom. The van der Waals surface area contributed by atoms with Gasteiger partial charge < -0.3 is 14.6 Å². The van der Waals surface area contributed by atoms with E-state index in [0.29, 0.717) is 5.75 Å². The van der Waals surface area contributed by atoms with Crippen molar-refractivity contribution < 1.29 is 14.6 Å². The molecule has 3 nitrogen and oxygen atoms in total. The molecule has 11 rings (SSSR count). The molecule has 0 saturated carbocycles. The van der Waals surface area contributed by atoms with E-state index in [1.807, 2.05) is 48.5 Å². The van der Waals surface area contributed by atoms with Crippen molar-refractivity contribution in [2.45, 2.75) is 18.4 Å². The number of fused-ring (bicyclic) bond motifs is 8. The number of aryl methyl sites for hydroxylation is 1. The molecule has 0 aromatic heterocycles. The van der Waals surface area contributed by atoms with Crippen LogP contribution in [0.3, 0.4) is 0 Å². The highest BCUT2D eigenvalue weighted by Gasteiger charge is 2.47. The van der Waals surface area contributed by atoms with Gasteiger partial charge in [-0.25, -0.2) is 0 Å². The maximum atomic E-state index is 11.0. The zero-order valence-corrected chi connectivity index (χ0v) is 32.8. The second kappa shape index (κ2) is 13.7. The van der Waals surface area contributed by atoms with Crippen molar-refractivity contribution in [3.63, 3.8) is 0 Å². The highest BCUT2D eigenvalue weighted by Crippen LogP contribution is 2.59. The van der Waals surface area contributed by atoms with Crippen LogP contribution >= 0.6 is 0 Å². The van der Waals surface area contributed by atoms with E-state index in [2.05, 4.69) is 153 Å². The van der Waals surface area contributed by atoms with Crippen LogP contribution in [0.4, 0.5) is 0 Å². The van der Waals surface area contributed by atoms with Crippen LogP contribution in [-0.4, -0.2) is 12.2 Å². The molecular formula is C56H40O3. The first-order valence-electron chi connectivity index (χ1n) is 20.2. The number of methoxy groups -OCH3 is 1. The Hall–Kier alpha value is -7.20. The second-order valence-electron chi connectivity index (χ2n) is 15.8. The van der Waals surface area contributed by atoms with Crippen molar-refractivity contribution in [3.8, 4) is 28.4 Å². The summed E-state index contributed by atoms with van der Waals surface area (Å²) >= 11 is 0. The lowest BCUT2D eigenvalue weighted by atomic mass is 9.66. The van der Waals surface area contributed by atoms with Gasteiger partial charge in [-0.1, -0.05) is 139 Å². The van der Waals surface area contributed by atoms with Crippen LogP contribution in [0.1, 0.15) is 45.0 Å². The van der Waals surface area contributed by atoms with Crippen LogP contribution < -0.4 is 9.47 Å². The molecular weight excluding hydrogens is 721 g/mol. The zero-order chi connectivity index (χ0) is 39.7. The predicted molar refractivity (Wildman–Crippen MR) is 242 cm³/mol. The summed E-state index contributed by atoms with van der Waals surface area (Å²) in [7, 11) is 1.64. The highest BCUT2D eigenvalue weighted by atomic mass is 16.5. The van der Waals surface area contributed by atoms with E-state index < -0.39 is 11.5 Å². The predicted octanol–water partition coefficient (Wildman–Crippen LogP) is 13.9. The molecule has 10 aromatic rings. The monoisotopic (exact) mass is 760 g/mol. The Morgan fingerprint density at radius 1 is 0.441 bits per heavy atom. The summed E-state index contributed by atoms with van der Waals surface area (Å²) in [5, 5.41) is 20.7. The van der Waals surface area contributed by atoms with E-state index in [1.54, 1.807) is 7.11 Å². The summed E-state index contributed by atoms with van der Waals surface area (Å²) in [6.45, 7) is 2.16. The van der Waals surface area contributed by atoms with Gasteiger partial charge in [0, 0.05) is 0 Å². The average Bonchev–Trinajstić information content (AvgIpc) is 3.58. The SMILES string of the molecule is COc1ccc(C(O)c2ccc(Oc3ccc4cc(C5(c6ccc7cc(C)ccc7c6)c6cc7ccccc7cc6-c6ccc7ccccc7c65)ccc4c3)cc2)cc1. The molecule has 0 aliphatic heterocycles. The fourth-order valence-corrected chi connectivity index (χ4v) is 9.53. The summed E-state index contributed by atoms with van der Waals surface area (Å²) in [5.41, 5.74) is 9.91. The van der Waals surface area contributed by atoms with Crippen molar-refractivity contribution in [1.82, 2.24) is 0 Å². The van der Waals surface area contributed by atoms with Crippen LogP contribution in [0.15, 0.2) is 194 Å². The molecule has 1 aliphatic rings. The number of benzene rings is 10. The number of ether oxygens (including phenoxy) is 2. The molecule has 0 saturated heterocycles. The Morgan fingerprint density at radius 2 is 0.966 bits per heavy atom. The number of rotatable bonds is 7. The molecule has 0 spiro atoms. The molecule has 282 valence electrons. The van der Waals surface area contributed by atoms with Gasteiger partial charge >= 0.3 is 0 Å². The van der Waals surface area contributed by atoms with Gasteiger partial charge in [0.05, 0.1) is 12.5 Å². The zero-order valence-electron chi connectivity index (χ0n) is 32.8. The van der Waals surface area contributed by atoms with Gasteiger partial charge in [0.15, 0.2) is 0 Å². The third-order valence-corrected chi connectivity index (χ3v) is 12.4. The molecule has 0 fully saturated rings. The van der Waals surface area contributed by atoms with E-state index in [4.69, 9.17) is 9.47 Å². The summed E-state index contributed by atoms with van der Waals surface area (Å²) in [4.78, 5) is 0. The summed E-state index contributed by atoms with van der Waals surface area (Å²) in [5.74, 6) is 2.21. The van der Waals surface area contributed by atoms with Gasteiger partial charge in [-0.2, -0.15) is 0 Å². The van der Waals surface area contributed by atoms with Crippen LogP contribution in [0.5, 0.6) is 17.2 Å². The molecule has 0 amide bonds. The largest absolute Gasteiger partial charge is 0.497 e. The standard InChI is InChI=1S/C56H40O3/c1-35-11-12-42-30-45(21-13-41(42)29-35)56(53-34-40-9-4-3-8-39(40)33-52(53)51-28-20-36-7-5-6-10-50(36)54(51)56)46-22-14-44-32-49(27-19-43(44)31-46)59-48-25-17-38(18-26-48)55(57)37-15-23-47(58-2)24-16-37/h3-34,55,57H,1-2H3. The molecule has 0 radical (unpaired) electrons. The lowest BCUT2D eigenvalue weighted by Crippen LogP contribution is -2.29. The number of aliphatic hydroxyl groups is 1. The van der Waals surface area contributed by atoms with Crippen molar-refractivity contribution >= 4 is 43.1 Å². The molecule has 1 N–H and O–H groups in total. The fourth-order valence-electron chi connectivity index (χ4n) is 9.53. The Labute approximate surface area is 343 Å². The second-order valence-corrected chi connectivity index (χ2v) is 15.8. The number of aliphatic hydroxyl groups excluding tert-OH is 1. The molecule has 0 bridgehead atoms. The van der Waals surface area contributed by atoms with Crippen LogP contribution in [0, 0.1) is 6.92 Å². The van der Waals surface area contributed by atoms with E-state index in [0.717, 1.165) is 33.4 Å². The lowest BCUT2D eigenvalue weighted by molar-refractivity contribution is 0.220. The van der Waals surface area contributed by atoms with E-state index in [1.165, 1.54) is 71.3 Å². The van der Waals surface area contributed by atoms with Crippen molar-refractivity contribution in [1.29, 1.82) is 0 Å². The van der Waals surface area contributed by atoms with Gasteiger partial charge in [0.2, 0.25) is 0 Å². The molecule has 3 heteroatoms. The highest BCUT2D eigenvalue weighted by molar-refractivity contribution is 6.04. The Bertz CT molecular complexity index is 3250. The summed E-state index contributed by atoms with van der Waals surface area (Å²) < 4.78 is 11.7. The average molecular weight is 761 g/mol. The minimum Gasteiger partial charge on any atom is -0.497 e. The molecule has 2 unspecified atom stereocenters. The third-order valence-electron chi connectivity index (χ3n) is 12.4. The molecule has 2 atom stereocenters. The van der Waals surface area contributed by atoms with E-state index >= 15 is 0 Å². The minimum absolute atomic E-state index is 0.601. The van der Waals surface area contributed by atoms with Gasteiger partial charge in [-0.3, -0.25) is 0 Å². The Kier molecular flexibility index (Phi) is 8.14. The van der Waals surface area contributed by atoms with Gasteiger partial charge in [0.1, 0.15) is 23.4 Å². The third kappa shape index (κ3) is 5.69. The van der Waals surface area contributed by atoms with Crippen LogP contribution in [0.2, 0.25) is 0 Å². The molecule has 1 aliphatic carbocycles. The normalized spacial score (nSPS) is 15.0. The molecule has 0 heterocycles.